The molecule has 2 amide bonds. The highest BCUT2D eigenvalue weighted by Crippen LogP contribution is 2.19. The quantitative estimate of drug-likeness (QED) is 0.767. The molecule has 2 aromatic carbocycles. The molecule has 0 spiro atoms. The third kappa shape index (κ3) is 6.69. The summed E-state index contributed by atoms with van der Waals surface area (Å²) in [5.74, 6) is -0.217. The van der Waals surface area contributed by atoms with Gasteiger partial charge in [0.2, 0.25) is 11.8 Å². The number of para-hydroxylation sites is 1. The van der Waals surface area contributed by atoms with Crippen LogP contribution in [-0.4, -0.2) is 42.9 Å². The molecule has 0 saturated carbocycles. The molecule has 138 valence electrons. The summed E-state index contributed by atoms with van der Waals surface area (Å²) >= 11 is 0. The molecule has 0 unspecified atom stereocenters. The van der Waals surface area contributed by atoms with Gasteiger partial charge in [-0.05, 0) is 44.5 Å². The molecule has 0 aliphatic carbocycles. The van der Waals surface area contributed by atoms with Crippen LogP contribution >= 0.6 is 0 Å². The molecule has 2 aromatic rings. The van der Waals surface area contributed by atoms with Crippen molar-refractivity contribution in [2.75, 3.05) is 25.5 Å². The Bertz CT molecular complexity index is 729. The third-order valence-electron chi connectivity index (χ3n) is 3.81. The van der Waals surface area contributed by atoms with Crippen molar-refractivity contribution in [1.29, 1.82) is 0 Å². The highest BCUT2D eigenvalue weighted by molar-refractivity contribution is 5.93. The van der Waals surface area contributed by atoms with Crippen LogP contribution in [0.3, 0.4) is 0 Å². The molecule has 5 nitrogen and oxygen atoms in total. The number of carbonyl (C=O) groups excluding carboxylic acids is 2. The van der Waals surface area contributed by atoms with Gasteiger partial charge in [0.15, 0.2) is 0 Å². The predicted molar refractivity (Wildman–Crippen MR) is 105 cm³/mol. The Hall–Kier alpha value is -2.66. The number of benzene rings is 2. The van der Waals surface area contributed by atoms with E-state index in [1.54, 1.807) is 11.9 Å². The molecular weight excluding hydrogens is 326 g/mol. The van der Waals surface area contributed by atoms with Crippen molar-refractivity contribution in [3.05, 3.63) is 65.7 Å². The van der Waals surface area contributed by atoms with Gasteiger partial charge in [-0.15, -0.1) is 0 Å². The number of anilines is 1. The van der Waals surface area contributed by atoms with E-state index in [9.17, 15) is 9.59 Å². The summed E-state index contributed by atoms with van der Waals surface area (Å²) < 4.78 is 0. The minimum absolute atomic E-state index is 0.0835. The van der Waals surface area contributed by atoms with E-state index in [0.717, 1.165) is 17.7 Å². The Morgan fingerprint density at radius 2 is 1.54 bits per heavy atom. The maximum absolute atomic E-state index is 12.3. The van der Waals surface area contributed by atoms with Gasteiger partial charge in [0, 0.05) is 11.7 Å². The van der Waals surface area contributed by atoms with Crippen LogP contribution in [-0.2, 0) is 16.0 Å². The zero-order valence-corrected chi connectivity index (χ0v) is 15.7. The number of amides is 2. The third-order valence-corrected chi connectivity index (χ3v) is 3.81. The zero-order valence-electron chi connectivity index (χ0n) is 15.7. The maximum atomic E-state index is 12.3. The first-order valence-electron chi connectivity index (χ1n) is 8.83. The largest absolute Gasteiger partial charge is 0.353 e. The van der Waals surface area contributed by atoms with Gasteiger partial charge in [0.05, 0.1) is 13.1 Å². The van der Waals surface area contributed by atoms with Gasteiger partial charge in [-0.2, -0.15) is 0 Å². The van der Waals surface area contributed by atoms with E-state index in [0.29, 0.717) is 0 Å². The Balaban J connectivity index is 1.93. The molecule has 5 heteroatoms. The number of likely N-dealkylation sites (N-methyl/N-ethyl adjacent to an activating group) is 1. The van der Waals surface area contributed by atoms with E-state index < -0.39 is 0 Å². The molecule has 0 aliphatic rings. The molecule has 0 aromatic heterocycles. The van der Waals surface area contributed by atoms with Crippen molar-refractivity contribution in [2.45, 2.75) is 26.3 Å². The molecule has 0 saturated heterocycles. The van der Waals surface area contributed by atoms with E-state index in [2.05, 4.69) is 22.8 Å². The Kier molecular flexibility index (Phi) is 7.36. The topological polar surface area (TPSA) is 61.4 Å². The van der Waals surface area contributed by atoms with E-state index in [4.69, 9.17) is 0 Å². The highest BCUT2D eigenvalue weighted by atomic mass is 16.2. The van der Waals surface area contributed by atoms with E-state index >= 15 is 0 Å². The van der Waals surface area contributed by atoms with Crippen LogP contribution in [0.2, 0.25) is 0 Å². The van der Waals surface area contributed by atoms with Crippen LogP contribution in [0.5, 0.6) is 0 Å². The fourth-order valence-electron chi connectivity index (χ4n) is 2.72. The molecule has 0 radical (unpaired) electrons. The lowest BCUT2D eigenvalue weighted by atomic mass is 10.0. The number of hydrogen-bond acceptors (Lipinski definition) is 3. The smallest absolute Gasteiger partial charge is 0.238 e. The summed E-state index contributed by atoms with van der Waals surface area (Å²) in [6, 6.07) is 18.0. The lowest BCUT2D eigenvalue weighted by molar-refractivity contribution is -0.123. The second kappa shape index (κ2) is 9.73. The van der Waals surface area contributed by atoms with E-state index in [1.807, 2.05) is 56.3 Å². The first kappa shape index (κ1) is 19.7. The van der Waals surface area contributed by atoms with Gasteiger partial charge < -0.3 is 10.6 Å². The van der Waals surface area contributed by atoms with Gasteiger partial charge in [-0.1, -0.05) is 48.5 Å². The maximum Gasteiger partial charge on any atom is 0.238 e. The molecular formula is C21H27N3O2. The summed E-state index contributed by atoms with van der Waals surface area (Å²) in [7, 11) is 1.76. The summed E-state index contributed by atoms with van der Waals surface area (Å²) in [6.45, 7) is 4.17. The molecule has 26 heavy (non-hydrogen) atoms. The van der Waals surface area contributed by atoms with Crippen LogP contribution in [0.15, 0.2) is 54.6 Å². The normalized spacial score (nSPS) is 10.8. The first-order valence-corrected chi connectivity index (χ1v) is 8.83. The zero-order chi connectivity index (χ0) is 18.9. The Morgan fingerprint density at radius 1 is 0.923 bits per heavy atom. The number of nitrogens with zero attached hydrogens (tertiary/aromatic N) is 1. The summed E-state index contributed by atoms with van der Waals surface area (Å²) in [6.07, 6.45) is 0.754. The van der Waals surface area contributed by atoms with E-state index in [-0.39, 0.29) is 30.9 Å². The predicted octanol–water partition coefficient (Wildman–Crippen LogP) is 2.67. The van der Waals surface area contributed by atoms with Crippen molar-refractivity contribution >= 4 is 17.5 Å². The van der Waals surface area contributed by atoms with Crippen LogP contribution in [0.1, 0.15) is 25.0 Å². The lowest BCUT2D eigenvalue weighted by Gasteiger charge is -2.18. The van der Waals surface area contributed by atoms with Crippen molar-refractivity contribution in [1.82, 2.24) is 10.2 Å². The monoisotopic (exact) mass is 353 g/mol. The lowest BCUT2D eigenvalue weighted by Crippen LogP contribution is -2.41. The van der Waals surface area contributed by atoms with Crippen molar-refractivity contribution in [2.24, 2.45) is 0 Å². The van der Waals surface area contributed by atoms with E-state index in [1.165, 1.54) is 5.56 Å². The summed E-state index contributed by atoms with van der Waals surface area (Å²) in [5.41, 5.74) is 3.06. The van der Waals surface area contributed by atoms with Crippen molar-refractivity contribution < 1.29 is 9.59 Å². The molecule has 0 heterocycles. The average molecular weight is 353 g/mol. The summed E-state index contributed by atoms with van der Waals surface area (Å²) in [4.78, 5) is 25.8. The molecule has 2 N–H and O–H groups in total. The van der Waals surface area contributed by atoms with Gasteiger partial charge in [0.1, 0.15) is 0 Å². The fourth-order valence-corrected chi connectivity index (χ4v) is 2.72. The first-order chi connectivity index (χ1) is 12.4. The fraction of sp³-hybridized carbons (Fsp3) is 0.333. The average Bonchev–Trinajstić information content (AvgIpc) is 2.56. The number of carbonyl (C=O) groups is 2. The number of rotatable bonds is 8. The molecule has 0 bridgehead atoms. The molecule has 0 atom stereocenters. The van der Waals surface area contributed by atoms with Gasteiger partial charge in [-0.3, -0.25) is 14.5 Å². The SMILES string of the molecule is CC(C)NC(=O)CN(C)CC(=O)Nc1ccccc1Cc1ccccc1. The Morgan fingerprint density at radius 3 is 2.23 bits per heavy atom. The molecule has 0 aliphatic heterocycles. The standard InChI is InChI=1S/C21H27N3O2/c1-16(2)22-20(25)14-24(3)15-21(26)23-19-12-8-7-11-18(19)13-17-9-5-4-6-10-17/h4-12,16H,13-15H2,1-3H3,(H,22,25)(H,23,26). The van der Waals surface area contributed by atoms with Gasteiger partial charge in [0.25, 0.3) is 0 Å². The minimum Gasteiger partial charge on any atom is -0.353 e. The second-order valence-corrected chi connectivity index (χ2v) is 6.76. The van der Waals surface area contributed by atoms with Crippen molar-refractivity contribution in [3.63, 3.8) is 0 Å². The van der Waals surface area contributed by atoms with Crippen LogP contribution in [0, 0.1) is 0 Å². The molecule has 2 rings (SSSR count). The highest BCUT2D eigenvalue weighted by Gasteiger charge is 2.13. The minimum atomic E-state index is -0.134. The van der Waals surface area contributed by atoms with Crippen LogP contribution in [0.4, 0.5) is 5.69 Å². The van der Waals surface area contributed by atoms with Crippen molar-refractivity contribution in [3.8, 4) is 0 Å². The number of nitrogens with one attached hydrogen (secondary N) is 2. The second-order valence-electron chi connectivity index (χ2n) is 6.76. The van der Waals surface area contributed by atoms with Gasteiger partial charge in [-0.25, -0.2) is 0 Å². The molecule has 0 fully saturated rings. The van der Waals surface area contributed by atoms with Crippen LogP contribution < -0.4 is 10.6 Å². The van der Waals surface area contributed by atoms with Gasteiger partial charge >= 0.3 is 0 Å². The van der Waals surface area contributed by atoms with Crippen LogP contribution in [0.25, 0.3) is 0 Å². The Labute approximate surface area is 155 Å². The number of hydrogen-bond donors (Lipinski definition) is 2. The summed E-state index contributed by atoms with van der Waals surface area (Å²) in [5, 5.41) is 5.78.